The molecule has 0 aliphatic heterocycles. The van der Waals surface area contributed by atoms with Crippen molar-refractivity contribution in [1.82, 2.24) is 20.3 Å². The maximum atomic E-state index is 12.6. The van der Waals surface area contributed by atoms with E-state index in [9.17, 15) is 4.79 Å². The summed E-state index contributed by atoms with van der Waals surface area (Å²) >= 11 is 0. The van der Waals surface area contributed by atoms with Crippen molar-refractivity contribution < 1.29 is 19.9 Å². The Morgan fingerprint density at radius 3 is 2.29 bits per heavy atom. The molecule has 41 heavy (non-hydrogen) atoms. The van der Waals surface area contributed by atoms with E-state index in [0.29, 0.717) is 42.5 Å². The van der Waals surface area contributed by atoms with Crippen LogP contribution in [0.15, 0.2) is 50.6 Å². The quantitative estimate of drug-likeness (QED) is 0.189. The Hall–Kier alpha value is -3.93. The summed E-state index contributed by atoms with van der Waals surface area (Å²) in [6.45, 7) is 8.08. The molecule has 2 aromatic rings. The van der Waals surface area contributed by atoms with Gasteiger partial charge in [-0.1, -0.05) is 58.7 Å². The number of hydrogen-bond acceptors (Lipinski definition) is 10. The van der Waals surface area contributed by atoms with Crippen LogP contribution < -0.4 is 5.32 Å². The molecule has 1 aromatic heterocycles. The first-order valence-corrected chi connectivity index (χ1v) is 14.1. The van der Waals surface area contributed by atoms with Crippen LogP contribution >= 0.6 is 0 Å². The fourth-order valence-electron chi connectivity index (χ4n) is 4.50. The van der Waals surface area contributed by atoms with Crippen LogP contribution in [0.4, 0.5) is 0 Å². The Bertz CT molecular complexity index is 1220. The second-order valence-corrected chi connectivity index (χ2v) is 10.2. The highest BCUT2D eigenvalue weighted by Gasteiger charge is 2.27. The van der Waals surface area contributed by atoms with Gasteiger partial charge in [-0.3, -0.25) is 14.8 Å². The molecule has 0 fully saturated rings. The van der Waals surface area contributed by atoms with E-state index in [1.807, 2.05) is 35.0 Å². The first-order chi connectivity index (χ1) is 19.8. The van der Waals surface area contributed by atoms with Crippen LogP contribution in [0.5, 0.6) is 0 Å². The van der Waals surface area contributed by atoms with E-state index in [0.717, 1.165) is 49.9 Å². The standard InChI is InChI=1S/C29H42N8O4/c1-20(22(3)34-39)31-17-25(18-32-21(2)23(4)35-40)37-26-13-9-6-10-14-27(29(26)33-36-37)41-19-28(38)30-16-15-24-11-7-5-8-12-24/h5,7-8,11-12,25,27,39-40H,6,9-10,13-19H2,1-4H3,(H,30,38)/b31-20?,32-21?,34-22+,35-23+. The number of hydrogen-bond donors (Lipinski definition) is 3. The van der Waals surface area contributed by atoms with Gasteiger partial charge in [-0.05, 0) is 58.9 Å². The molecule has 222 valence electrons. The van der Waals surface area contributed by atoms with E-state index in [2.05, 4.69) is 35.9 Å². The smallest absolute Gasteiger partial charge is 0.246 e. The molecule has 1 amide bonds. The summed E-state index contributed by atoms with van der Waals surface area (Å²) in [6.07, 6.45) is 4.92. The topological polar surface area (TPSA) is 159 Å². The summed E-state index contributed by atoms with van der Waals surface area (Å²) in [5, 5.41) is 36.7. The molecular formula is C29H42N8O4. The van der Waals surface area contributed by atoms with E-state index < -0.39 is 0 Å². The van der Waals surface area contributed by atoms with Gasteiger partial charge >= 0.3 is 0 Å². The average molecular weight is 567 g/mol. The number of aliphatic imine (C=N–C) groups is 2. The van der Waals surface area contributed by atoms with Crippen molar-refractivity contribution >= 4 is 28.8 Å². The van der Waals surface area contributed by atoms with Gasteiger partial charge in [-0.2, -0.15) is 0 Å². The predicted molar refractivity (Wildman–Crippen MR) is 159 cm³/mol. The number of nitrogens with one attached hydrogen (secondary N) is 1. The van der Waals surface area contributed by atoms with Crippen molar-refractivity contribution in [2.24, 2.45) is 20.3 Å². The molecule has 1 unspecified atom stereocenters. The fourth-order valence-corrected chi connectivity index (χ4v) is 4.50. The van der Waals surface area contributed by atoms with Gasteiger partial charge in [-0.25, -0.2) is 4.68 Å². The van der Waals surface area contributed by atoms with Gasteiger partial charge < -0.3 is 20.5 Å². The lowest BCUT2D eigenvalue weighted by molar-refractivity contribution is -0.128. The highest BCUT2D eigenvalue weighted by molar-refractivity contribution is 6.40. The zero-order chi connectivity index (χ0) is 29.6. The maximum absolute atomic E-state index is 12.6. The lowest BCUT2D eigenvalue weighted by Crippen LogP contribution is -2.30. The third kappa shape index (κ3) is 9.59. The van der Waals surface area contributed by atoms with Crippen LogP contribution in [-0.4, -0.2) is 80.4 Å². The summed E-state index contributed by atoms with van der Waals surface area (Å²) in [5.74, 6) is -0.161. The minimum absolute atomic E-state index is 0.0539. The summed E-state index contributed by atoms with van der Waals surface area (Å²) in [7, 11) is 0. The van der Waals surface area contributed by atoms with Gasteiger partial charge in [0.1, 0.15) is 18.4 Å². The molecule has 12 heteroatoms. The van der Waals surface area contributed by atoms with E-state index >= 15 is 0 Å². The molecule has 12 nitrogen and oxygen atoms in total. The Kier molecular flexibility index (Phi) is 12.6. The number of ether oxygens (including phenoxy) is 1. The van der Waals surface area contributed by atoms with Crippen molar-refractivity contribution in [3.63, 3.8) is 0 Å². The molecule has 0 spiro atoms. The molecule has 0 saturated heterocycles. The Morgan fingerprint density at radius 1 is 1.00 bits per heavy atom. The molecule has 0 bridgehead atoms. The first-order valence-electron chi connectivity index (χ1n) is 14.1. The Labute approximate surface area is 241 Å². The molecule has 3 rings (SSSR count). The molecule has 0 saturated carbocycles. The number of fused-ring (bicyclic) bond motifs is 1. The third-order valence-corrected chi connectivity index (χ3v) is 7.27. The minimum atomic E-state index is -0.345. The summed E-state index contributed by atoms with van der Waals surface area (Å²) < 4.78 is 7.98. The average Bonchev–Trinajstić information content (AvgIpc) is 3.38. The van der Waals surface area contributed by atoms with Crippen LogP contribution in [-0.2, 0) is 22.4 Å². The second kappa shape index (κ2) is 16.4. The number of carbonyl (C=O) groups excluding carboxylic acids is 1. The highest BCUT2D eigenvalue weighted by Crippen LogP contribution is 2.30. The first kappa shape index (κ1) is 31.6. The molecule has 0 radical (unpaired) electrons. The summed E-state index contributed by atoms with van der Waals surface area (Å²) in [5.41, 5.74) is 4.93. The van der Waals surface area contributed by atoms with Gasteiger partial charge in [0.2, 0.25) is 5.91 Å². The summed E-state index contributed by atoms with van der Waals surface area (Å²) in [4.78, 5) is 21.8. The minimum Gasteiger partial charge on any atom is -0.411 e. The molecular weight excluding hydrogens is 524 g/mol. The number of aromatic nitrogens is 3. The number of benzene rings is 1. The Morgan fingerprint density at radius 2 is 1.66 bits per heavy atom. The van der Waals surface area contributed by atoms with Crippen LogP contribution in [0.3, 0.4) is 0 Å². The monoisotopic (exact) mass is 566 g/mol. The number of nitrogens with zero attached hydrogens (tertiary/aromatic N) is 7. The van der Waals surface area contributed by atoms with E-state index in [4.69, 9.17) is 15.2 Å². The highest BCUT2D eigenvalue weighted by atomic mass is 16.5. The molecule has 1 aliphatic carbocycles. The lowest BCUT2D eigenvalue weighted by atomic mass is 9.98. The number of amides is 1. The maximum Gasteiger partial charge on any atom is 0.246 e. The second-order valence-electron chi connectivity index (χ2n) is 10.2. The van der Waals surface area contributed by atoms with Crippen molar-refractivity contribution in [2.75, 3.05) is 26.2 Å². The molecule has 1 atom stereocenters. The van der Waals surface area contributed by atoms with E-state index in [1.54, 1.807) is 27.7 Å². The van der Waals surface area contributed by atoms with Crippen LogP contribution in [0.25, 0.3) is 0 Å². The van der Waals surface area contributed by atoms with Gasteiger partial charge in [0.25, 0.3) is 0 Å². The zero-order valence-corrected chi connectivity index (χ0v) is 24.5. The zero-order valence-electron chi connectivity index (χ0n) is 24.5. The van der Waals surface area contributed by atoms with Gasteiger partial charge in [-0.15, -0.1) is 5.10 Å². The van der Waals surface area contributed by atoms with Crippen molar-refractivity contribution in [2.45, 2.75) is 78.4 Å². The van der Waals surface area contributed by atoms with Crippen LogP contribution in [0, 0.1) is 0 Å². The van der Waals surface area contributed by atoms with Gasteiger partial charge in [0, 0.05) is 6.54 Å². The fraction of sp³-hybridized carbons (Fsp3) is 0.552. The van der Waals surface area contributed by atoms with Gasteiger partial charge in [0.15, 0.2) is 0 Å². The molecule has 1 heterocycles. The van der Waals surface area contributed by atoms with Gasteiger partial charge in [0.05, 0.1) is 47.7 Å². The lowest BCUT2D eigenvalue weighted by Gasteiger charge is -2.22. The van der Waals surface area contributed by atoms with Crippen molar-refractivity contribution in [3.05, 3.63) is 47.3 Å². The number of oxime groups is 2. The number of rotatable bonds is 13. The van der Waals surface area contributed by atoms with Crippen LogP contribution in [0.2, 0.25) is 0 Å². The van der Waals surface area contributed by atoms with E-state index in [-0.39, 0.29) is 24.7 Å². The van der Waals surface area contributed by atoms with Crippen molar-refractivity contribution in [3.8, 4) is 0 Å². The van der Waals surface area contributed by atoms with E-state index in [1.165, 1.54) is 5.56 Å². The SMILES string of the molecule is CC(=NCC(CN=C(C)/C(C)=N/O)n1nnc2c1CCCCCC2OCC(=O)NCCc1ccccc1)/C(C)=N/O. The normalized spacial score (nSPS) is 17.9. The molecule has 1 aliphatic rings. The summed E-state index contributed by atoms with van der Waals surface area (Å²) in [6, 6.07) is 9.74. The largest absolute Gasteiger partial charge is 0.411 e. The Balaban J connectivity index is 1.76. The van der Waals surface area contributed by atoms with Crippen LogP contribution in [0.1, 0.15) is 82.5 Å². The molecule has 3 N–H and O–H groups in total. The predicted octanol–water partition coefficient (Wildman–Crippen LogP) is 3.97. The molecule has 1 aromatic carbocycles. The third-order valence-electron chi connectivity index (χ3n) is 7.27. The van der Waals surface area contributed by atoms with Crippen molar-refractivity contribution in [1.29, 1.82) is 0 Å². The number of carbonyl (C=O) groups is 1.